The molecule has 0 aliphatic carbocycles. The minimum atomic E-state index is -0.422. The van der Waals surface area contributed by atoms with Crippen molar-refractivity contribution in [2.24, 2.45) is 0 Å². The van der Waals surface area contributed by atoms with Crippen molar-refractivity contribution in [1.82, 2.24) is 5.32 Å². The Kier molecular flexibility index (Phi) is 5.42. The van der Waals surface area contributed by atoms with Gasteiger partial charge in [0.05, 0.1) is 15.0 Å². The van der Waals surface area contributed by atoms with Gasteiger partial charge < -0.3 is 5.32 Å². The Morgan fingerprint density at radius 2 is 1.76 bits per heavy atom. The maximum Gasteiger partial charge on any atom is 0.269 e. The third-order valence-corrected chi connectivity index (χ3v) is 4.09. The Balaban J connectivity index is 2.04. The van der Waals surface area contributed by atoms with Crippen molar-refractivity contribution in [3.05, 3.63) is 72.7 Å². The smallest absolute Gasteiger partial charge is 0.269 e. The maximum absolute atomic E-state index is 10.7. The number of benzene rings is 2. The molecule has 2 aromatic carbocycles. The van der Waals surface area contributed by atoms with Gasteiger partial charge in [0.25, 0.3) is 5.69 Å². The predicted octanol–water partition coefficient (Wildman–Crippen LogP) is 4.84. The van der Waals surface area contributed by atoms with E-state index < -0.39 is 4.92 Å². The van der Waals surface area contributed by atoms with Gasteiger partial charge in [-0.1, -0.05) is 46.9 Å². The van der Waals surface area contributed by atoms with Crippen LogP contribution in [0, 0.1) is 10.1 Å². The van der Waals surface area contributed by atoms with Crippen LogP contribution in [-0.2, 0) is 13.1 Å². The highest BCUT2D eigenvalue weighted by atomic mass is 35.5. The van der Waals surface area contributed by atoms with Gasteiger partial charge in [0.15, 0.2) is 0 Å². The summed E-state index contributed by atoms with van der Waals surface area (Å²) in [6.07, 6.45) is 0. The van der Waals surface area contributed by atoms with E-state index in [2.05, 4.69) is 5.32 Å². The van der Waals surface area contributed by atoms with Crippen molar-refractivity contribution in [2.75, 3.05) is 0 Å². The van der Waals surface area contributed by atoms with Crippen LogP contribution < -0.4 is 5.32 Å². The van der Waals surface area contributed by atoms with Crippen molar-refractivity contribution in [3.8, 4) is 0 Å². The zero-order chi connectivity index (χ0) is 15.4. The Bertz CT molecular complexity index is 677. The molecular formula is C14H11Cl3N2O2. The molecule has 1 N–H and O–H groups in total. The molecule has 0 aromatic heterocycles. The monoisotopic (exact) mass is 344 g/mol. The molecule has 4 nitrogen and oxygen atoms in total. The summed E-state index contributed by atoms with van der Waals surface area (Å²) in [7, 11) is 0. The molecule has 110 valence electrons. The zero-order valence-electron chi connectivity index (χ0n) is 10.8. The van der Waals surface area contributed by atoms with Gasteiger partial charge in [-0.05, 0) is 17.7 Å². The van der Waals surface area contributed by atoms with Crippen molar-refractivity contribution in [2.45, 2.75) is 13.1 Å². The van der Waals surface area contributed by atoms with Crippen LogP contribution in [0.5, 0.6) is 0 Å². The predicted molar refractivity (Wildman–Crippen MR) is 85.1 cm³/mol. The number of halogens is 3. The lowest BCUT2D eigenvalue weighted by atomic mass is 10.2. The summed E-state index contributed by atoms with van der Waals surface area (Å²) in [5.41, 5.74) is 1.57. The number of hydrogen-bond donors (Lipinski definition) is 1. The van der Waals surface area contributed by atoms with E-state index in [9.17, 15) is 10.1 Å². The third kappa shape index (κ3) is 4.08. The number of nitrogens with one attached hydrogen (secondary N) is 1. The summed E-state index contributed by atoms with van der Waals surface area (Å²) >= 11 is 18.1. The molecule has 0 aliphatic rings. The molecular weight excluding hydrogens is 335 g/mol. The fourth-order valence-corrected chi connectivity index (χ4v) is 2.52. The van der Waals surface area contributed by atoms with Gasteiger partial charge in [0, 0.05) is 35.8 Å². The first-order chi connectivity index (χ1) is 9.99. The van der Waals surface area contributed by atoms with E-state index in [0.29, 0.717) is 33.7 Å². The summed E-state index contributed by atoms with van der Waals surface area (Å²) in [5.74, 6) is 0. The lowest BCUT2D eigenvalue weighted by Crippen LogP contribution is -2.13. The molecule has 21 heavy (non-hydrogen) atoms. The molecule has 0 bridgehead atoms. The largest absolute Gasteiger partial charge is 0.309 e. The summed E-state index contributed by atoms with van der Waals surface area (Å²) in [6.45, 7) is 0.877. The van der Waals surface area contributed by atoms with Crippen molar-refractivity contribution in [1.29, 1.82) is 0 Å². The standard InChI is InChI=1S/C14H11Cl3N2O2/c15-12-4-5-13(16)14(17)11(12)8-18-7-9-2-1-3-10(6-9)19(20)21/h1-6,18H,7-8H2. The van der Waals surface area contributed by atoms with Gasteiger partial charge in [0.2, 0.25) is 0 Å². The van der Waals surface area contributed by atoms with Crippen LogP contribution >= 0.6 is 34.8 Å². The first kappa shape index (κ1) is 16.0. The van der Waals surface area contributed by atoms with E-state index in [1.807, 2.05) is 0 Å². The van der Waals surface area contributed by atoms with Gasteiger partial charge in [0.1, 0.15) is 0 Å². The number of nitro benzene ring substituents is 1. The number of nitro groups is 1. The molecule has 0 spiro atoms. The van der Waals surface area contributed by atoms with E-state index in [1.165, 1.54) is 12.1 Å². The minimum absolute atomic E-state index is 0.0631. The highest BCUT2D eigenvalue weighted by Gasteiger charge is 2.10. The second-order valence-electron chi connectivity index (χ2n) is 4.35. The average molecular weight is 346 g/mol. The minimum Gasteiger partial charge on any atom is -0.309 e. The van der Waals surface area contributed by atoms with Gasteiger partial charge >= 0.3 is 0 Å². The van der Waals surface area contributed by atoms with E-state index in [4.69, 9.17) is 34.8 Å². The number of rotatable bonds is 5. The average Bonchev–Trinajstić information content (AvgIpc) is 2.47. The fraction of sp³-hybridized carbons (Fsp3) is 0.143. The quantitative estimate of drug-likeness (QED) is 0.479. The SMILES string of the molecule is O=[N+]([O-])c1cccc(CNCc2c(Cl)ccc(Cl)c2Cl)c1. The van der Waals surface area contributed by atoms with E-state index in [-0.39, 0.29) is 5.69 Å². The number of hydrogen-bond acceptors (Lipinski definition) is 3. The van der Waals surface area contributed by atoms with Gasteiger partial charge in [-0.2, -0.15) is 0 Å². The first-order valence-corrected chi connectivity index (χ1v) is 7.19. The molecule has 0 atom stereocenters. The molecule has 0 saturated heterocycles. The topological polar surface area (TPSA) is 55.2 Å². The van der Waals surface area contributed by atoms with Crippen molar-refractivity contribution < 1.29 is 4.92 Å². The van der Waals surface area contributed by atoms with Crippen molar-refractivity contribution >= 4 is 40.5 Å². The van der Waals surface area contributed by atoms with Crippen LogP contribution in [-0.4, -0.2) is 4.92 Å². The molecule has 2 aromatic rings. The molecule has 0 unspecified atom stereocenters. The molecule has 7 heteroatoms. The van der Waals surface area contributed by atoms with Crippen LogP contribution in [0.2, 0.25) is 15.1 Å². The van der Waals surface area contributed by atoms with Crippen LogP contribution in [0.3, 0.4) is 0 Å². The summed E-state index contributed by atoms with van der Waals surface area (Å²) in [6, 6.07) is 9.74. The Labute approximate surface area is 136 Å². The number of nitrogens with zero attached hydrogens (tertiary/aromatic N) is 1. The molecule has 0 fully saturated rings. The molecule has 0 radical (unpaired) electrons. The molecule has 0 aliphatic heterocycles. The summed E-state index contributed by atoms with van der Waals surface area (Å²) in [4.78, 5) is 10.3. The molecule has 0 heterocycles. The van der Waals surface area contributed by atoms with Gasteiger partial charge in [-0.15, -0.1) is 0 Å². The van der Waals surface area contributed by atoms with Crippen LogP contribution in [0.4, 0.5) is 5.69 Å². The lowest BCUT2D eigenvalue weighted by Gasteiger charge is -2.10. The van der Waals surface area contributed by atoms with Gasteiger partial charge in [-0.3, -0.25) is 10.1 Å². The summed E-state index contributed by atoms with van der Waals surface area (Å²) < 4.78 is 0. The van der Waals surface area contributed by atoms with E-state index in [1.54, 1.807) is 24.3 Å². The fourth-order valence-electron chi connectivity index (χ4n) is 1.84. The first-order valence-electron chi connectivity index (χ1n) is 6.05. The van der Waals surface area contributed by atoms with Crippen molar-refractivity contribution in [3.63, 3.8) is 0 Å². The lowest BCUT2D eigenvalue weighted by molar-refractivity contribution is -0.384. The summed E-state index contributed by atoms with van der Waals surface area (Å²) in [5, 5.41) is 15.2. The third-order valence-electron chi connectivity index (χ3n) is 2.89. The molecule has 0 saturated carbocycles. The normalized spacial score (nSPS) is 10.6. The Hall–Kier alpha value is -1.33. The van der Waals surface area contributed by atoms with Gasteiger partial charge in [-0.25, -0.2) is 0 Å². The highest BCUT2D eigenvalue weighted by molar-refractivity contribution is 6.44. The zero-order valence-corrected chi connectivity index (χ0v) is 13.0. The van der Waals surface area contributed by atoms with E-state index in [0.717, 1.165) is 5.56 Å². The van der Waals surface area contributed by atoms with Crippen LogP contribution in [0.15, 0.2) is 36.4 Å². The number of non-ortho nitro benzene ring substituents is 1. The second-order valence-corrected chi connectivity index (χ2v) is 5.54. The Morgan fingerprint density at radius 3 is 2.48 bits per heavy atom. The maximum atomic E-state index is 10.7. The Morgan fingerprint density at radius 1 is 1.05 bits per heavy atom. The molecule has 0 amide bonds. The molecule has 2 rings (SSSR count). The van der Waals surface area contributed by atoms with E-state index >= 15 is 0 Å². The van der Waals surface area contributed by atoms with Crippen LogP contribution in [0.1, 0.15) is 11.1 Å². The highest BCUT2D eigenvalue weighted by Crippen LogP contribution is 2.31. The second kappa shape index (κ2) is 7.09. The van der Waals surface area contributed by atoms with Crippen LogP contribution in [0.25, 0.3) is 0 Å².